The Morgan fingerprint density at radius 1 is 0.889 bits per heavy atom. The Labute approximate surface area is 201 Å². The maximum Gasteiger partial charge on any atom is 0.417 e. The van der Waals surface area contributed by atoms with E-state index < -0.39 is 39.1 Å². The van der Waals surface area contributed by atoms with Crippen LogP contribution < -0.4 is 4.72 Å². The molecule has 2 N–H and O–H groups in total. The van der Waals surface area contributed by atoms with E-state index in [0.717, 1.165) is 12.1 Å². The summed E-state index contributed by atoms with van der Waals surface area (Å²) in [6.45, 7) is 0. The predicted molar refractivity (Wildman–Crippen MR) is 123 cm³/mol. The number of aromatic amines is 1. The molecule has 36 heavy (non-hydrogen) atoms. The van der Waals surface area contributed by atoms with Crippen molar-refractivity contribution >= 4 is 33.2 Å². The lowest BCUT2D eigenvalue weighted by Crippen LogP contribution is -2.19. The molecule has 0 atom stereocenters. The predicted octanol–water partition coefficient (Wildman–Crippen LogP) is 6.35. The van der Waals surface area contributed by atoms with Gasteiger partial charge in [0.1, 0.15) is 5.82 Å². The molecule has 0 spiro atoms. The molecular weight excluding hydrogens is 508 g/mol. The summed E-state index contributed by atoms with van der Waals surface area (Å²) in [7, 11) is -2.45. The molecule has 0 fully saturated rings. The van der Waals surface area contributed by atoms with Crippen LogP contribution in [0.2, 0.25) is 0 Å². The molecule has 0 saturated heterocycles. The van der Waals surface area contributed by atoms with Gasteiger partial charge in [0.05, 0.1) is 27.1 Å². The minimum absolute atomic E-state index is 0.0634. The highest BCUT2D eigenvalue weighted by Gasteiger charge is 2.37. The standard InChI is InChI=1S/C24H17F6N3O2S/c1-31-36(34,35)21-5-3-2-4-17(21)15-7-10-19-20(12-15)33-22(32-19)11-8-14-6-9-16(23(25,26)27)13-18(14)24(28,29)30/h2-13,31H,1H3,(H,32,33). The number of nitrogens with one attached hydrogen (secondary N) is 2. The number of fused-ring (bicyclic) bond motifs is 1. The van der Waals surface area contributed by atoms with E-state index in [0.29, 0.717) is 28.2 Å². The van der Waals surface area contributed by atoms with Gasteiger partial charge in [-0.2, -0.15) is 26.3 Å². The van der Waals surface area contributed by atoms with E-state index in [9.17, 15) is 34.8 Å². The summed E-state index contributed by atoms with van der Waals surface area (Å²) in [5.74, 6) is 0.159. The summed E-state index contributed by atoms with van der Waals surface area (Å²) in [6.07, 6.45) is -7.66. The van der Waals surface area contributed by atoms with Crippen molar-refractivity contribution in [3.05, 3.63) is 83.2 Å². The molecule has 1 heterocycles. The zero-order valence-corrected chi connectivity index (χ0v) is 19.2. The zero-order valence-electron chi connectivity index (χ0n) is 18.4. The van der Waals surface area contributed by atoms with Crippen LogP contribution in [0.3, 0.4) is 0 Å². The minimum Gasteiger partial charge on any atom is -0.338 e. The third-order valence-electron chi connectivity index (χ3n) is 5.36. The van der Waals surface area contributed by atoms with Gasteiger partial charge in [-0.05, 0) is 54.6 Å². The molecule has 0 aliphatic heterocycles. The molecule has 3 aromatic carbocycles. The molecule has 0 aliphatic rings. The van der Waals surface area contributed by atoms with Crippen LogP contribution in [0.4, 0.5) is 26.3 Å². The first-order valence-corrected chi connectivity index (χ1v) is 11.8. The van der Waals surface area contributed by atoms with E-state index in [1.807, 2.05) is 0 Å². The van der Waals surface area contributed by atoms with Crippen LogP contribution in [-0.2, 0) is 22.4 Å². The maximum atomic E-state index is 13.4. The van der Waals surface area contributed by atoms with Crippen molar-refractivity contribution in [1.82, 2.24) is 14.7 Å². The van der Waals surface area contributed by atoms with Crippen molar-refractivity contribution in [2.45, 2.75) is 17.2 Å². The second-order valence-corrected chi connectivity index (χ2v) is 9.54. The average molecular weight is 525 g/mol. The summed E-state index contributed by atoms with van der Waals surface area (Å²) in [5, 5.41) is 0. The fourth-order valence-corrected chi connectivity index (χ4v) is 4.57. The van der Waals surface area contributed by atoms with Crippen LogP contribution in [0.5, 0.6) is 0 Å². The number of benzene rings is 3. The lowest BCUT2D eigenvalue weighted by atomic mass is 10.0. The van der Waals surface area contributed by atoms with Gasteiger partial charge in [-0.1, -0.05) is 36.4 Å². The van der Waals surface area contributed by atoms with Gasteiger partial charge in [0.25, 0.3) is 0 Å². The van der Waals surface area contributed by atoms with Crippen LogP contribution in [0.25, 0.3) is 34.3 Å². The van der Waals surface area contributed by atoms with Crippen LogP contribution >= 0.6 is 0 Å². The molecule has 0 amide bonds. The average Bonchev–Trinajstić information content (AvgIpc) is 3.23. The van der Waals surface area contributed by atoms with Crippen LogP contribution in [0.15, 0.2) is 65.6 Å². The van der Waals surface area contributed by atoms with Gasteiger partial charge in [-0.3, -0.25) is 0 Å². The smallest absolute Gasteiger partial charge is 0.338 e. The quantitative estimate of drug-likeness (QED) is 0.299. The summed E-state index contributed by atoms with van der Waals surface area (Å²) < 4.78 is 106. The number of sulfonamides is 1. The highest BCUT2D eigenvalue weighted by Crippen LogP contribution is 2.38. The first-order chi connectivity index (χ1) is 16.8. The highest BCUT2D eigenvalue weighted by atomic mass is 32.2. The molecule has 0 radical (unpaired) electrons. The number of rotatable bonds is 5. The Morgan fingerprint density at radius 3 is 2.28 bits per heavy atom. The number of alkyl halides is 6. The van der Waals surface area contributed by atoms with Crippen molar-refractivity contribution < 1.29 is 34.8 Å². The summed E-state index contributed by atoms with van der Waals surface area (Å²) >= 11 is 0. The fourth-order valence-electron chi connectivity index (χ4n) is 3.62. The van der Waals surface area contributed by atoms with E-state index in [-0.39, 0.29) is 16.8 Å². The Balaban J connectivity index is 1.72. The first-order valence-electron chi connectivity index (χ1n) is 10.3. The van der Waals surface area contributed by atoms with Gasteiger partial charge < -0.3 is 4.98 Å². The third-order valence-corrected chi connectivity index (χ3v) is 6.84. The summed E-state index contributed by atoms with van der Waals surface area (Å²) in [5.41, 5.74) is -1.36. The van der Waals surface area contributed by atoms with Gasteiger partial charge in [0, 0.05) is 5.56 Å². The number of hydrogen-bond acceptors (Lipinski definition) is 3. The maximum absolute atomic E-state index is 13.4. The van der Waals surface area contributed by atoms with E-state index in [4.69, 9.17) is 0 Å². The number of halogens is 6. The van der Waals surface area contributed by atoms with Gasteiger partial charge in [-0.25, -0.2) is 18.1 Å². The molecule has 4 rings (SSSR count). The van der Waals surface area contributed by atoms with Crippen molar-refractivity contribution in [3.63, 3.8) is 0 Å². The lowest BCUT2D eigenvalue weighted by Gasteiger charge is -2.14. The Kier molecular flexibility index (Phi) is 6.43. The Hall–Kier alpha value is -3.64. The van der Waals surface area contributed by atoms with Crippen molar-refractivity contribution in [2.75, 3.05) is 7.05 Å². The van der Waals surface area contributed by atoms with E-state index >= 15 is 0 Å². The SMILES string of the molecule is CNS(=O)(=O)c1ccccc1-c1ccc2nc(C=Cc3ccc(C(F)(F)F)cc3C(F)(F)F)[nH]c2c1. The van der Waals surface area contributed by atoms with E-state index in [1.165, 1.54) is 19.2 Å². The molecule has 4 aromatic rings. The van der Waals surface area contributed by atoms with Gasteiger partial charge in [0.15, 0.2) is 0 Å². The molecule has 1 aromatic heterocycles. The number of aromatic nitrogens is 2. The van der Waals surface area contributed by atoms with Crippen molar-refractivity contribution in [1.29, 1.82) is 0 Å². The molecular formula is C24H17F6N3O2S. The van der Waals surface area contributed by atoms with Crippen LogP contribution in [0, 0.1) is 0 Å². The van der Waals surface area contributed by atoms with Gasteiger partial charge in [-0.15, -0.1) is 0 Å². The largest absolute Gasteiger partial charge is 0.417 e. The topological polar surface area (TPSA) is 74.8 Å². The van der Waals surface area contributed by atoms with E-state index in [2.05, 4.69) is 14.7 Å². The molecule has 0 unspecified atom stereocenters. The Morgan fingerprint density at radius 2 is 1.61 bits per heavy atom. The van der Waals surface area contributed by atoms with Crippen molar-refractivity contribution in [3.8, 4) is 11.1 Å². The molecule has 188 valence electrons. The Bertz CT molecular complexity index is 1570. The number of imidazole rings is 1. The zero-order chi connectivity index (χ0) is 26.3. The third kappa shape index (κ3) is 5.14. The molecule has 12 heteroatoms. The first kappa shape index (κ1) is 25.5. The van der Waals surface area contributed by atoms with Gasteiger partial charge >= 0.3 is 12.4 Å². The van der Waals surface area contributed by atoms with Crippen LogP contribution in [0.1, 0.15) is 22.5 Å². The van der Waals surface area contributed by atoms with Crippen molar-refractivity contribution in [2.24, 2.45) is 0 Å². The normalized spacial score (nSPS) is 13.1. The minimum atomic E-state index is -5.00. The van der Waals surface area contributed by atoms with Crippen LogP contribution in [-0.4, -0.2) is 25.4 Å². The van der Waals surface area contributed by atoms with E-state index in [1.54, 1.807) is 36.4 Å². The fraction of sp³-hybridized carbons (Fsp3) is 0.125. The summed E-state index contributed by atoms with van der Waals surface area (Å²) in [4.78, 5) is 7.25. The second-order valence-electron chi connectivity index (χ2n) is 7.69. The molecule has 5 nitrogen and oxygen atoms in total. The highest BCUT2D eigenvalue weighted by molar-refractivity contribution is 7.89. The molecule has 0 saturated carbocycles. The van der Waals surface area contributed by atoms with Gasteiger partial charge in [0.2, 0.25) is 10.0 Å². The molecule has 0 bridgehead atoms. The second kappa shape index (κ2) is 9.10. The molecule has 0 aliphatic carbocycles. The monoisotopic (exact) mass is 525 g/mol. The number of H-pyrrole nitrogens is 1. The lowest BCUT2D eigenvalue weighted by molar-refractivity contribution is -0.143. The summed E-state index contributed by atoms with van der Waals surface area (Å²) in [6, 6.07) is 12.7. The number of nitrogens with zero attached hydrogens (tertiary/aromatic N) is 1. The number of hydrogen-bond donors (Lipinski definition) is 2.